The lowest BCUT2D eigenvalue weighted by Gasteiger charge is -2.09. The highest BCUT2D eigenvalue weighted by Gasteiger charge is 2.35. The molecule has 0 atom stereocenters. The monoisotopic (exact) mass is 353 g/mol. The molecule has 0 N–H and O–H groups in total. The van der Waals surface area contributed by atoms with E-state index in [9.17, 15) is 21.6 Å². The van der Waals surface area contributed by atoms with Crippen LogP contribution in [-0.2, 0) is 16.0 Å². The van der Waals surface area contributed by atoms with Gasteiger partial charge in [0.15, 0.2) is 5.03 Å². The van der Waals surface area contributed by atoms with Gasteiger partial charge < -0.3 is 4.42 Å². The smallest absolute Gasteiger partial charge is 0.417 e. The second-order valence-electron chi connectivity index (χ2n) is 4.85. The summed E-state index contributed by atoms with van der Waals surface area (Å²) in [6.07, 6.45) is -3.77. The summed E-state index contributed by atoms with van der Waals surface area (Å²) >= 11 is 0. The fraction of sp³-hybridized carbons (Fsp3) is 0.0625. The van der Waals surface area contributed by atoms with Crippen molar-refractivity contribution >= 4 is 9.84 Å². The fourth-order valence-electron chi connectivity index (χ4n) is 2.14. The van der Waals surface area contributed by atoms with E-state index in [1.165, 1.54) is 42.5 Å². The summed E-state index contributed by atoms with van der Waals surface area (Å²) in [6, 6.07) is 12.1. The lowest BCUT2D eigenvalue weighted by Crippen LogP contribution is -2.07. The van der Waals surface area contributed by atoms with Crippen molar-refractivity contribution in [1.82, 2.24) is 4.98 Å². The van der Waals surface area contributed by atoms with Crippen LogP contribution in [0.1, 0.15) is 5.56 Å². The predicted molar refractivity (Wildman–Crippen MR) is 78.8 cm³/mol. The average Bonchev–Trinajstić information content (AvgIpc) is 3.05. The highest BCUT2D eigenvalue weighted by molar-refractivity contribution is 7.91. The molecule has 0 aliphatic heterocycles. The molecule has 1 heterocycles. The molecule has 124 valence electrons. The number of hydrogen-bond donors (Lipinski definition) is 0. The van der Waals surface area contributed by atoms with E-state index in [4.69, 9.17) is 4.42 Å². The van der Waals surface area contributed by atoms with Crippen LogP contribution in [0.25, 0.3) is 11.5 Å². The van der Waals surface area contributed by atoms with Crippen LogP contribution in [0.3, 0.4) is 0 Å². The third-order valence-electron chi connectivity index (χ3n) is 3.27. The molecule has 0 spiro atoms. The van der Waals surface area contributed by atoms with E-state index in [-0.39, 0.29) is 10.5 Å². The molecule has 0 aliphatic rings. The molecule has 0 saturated heterocycles. The highest BCUT2D eigenvalue weighted by atomic mass is 32.2. The number of sulfone groups is 1. The van der Waals surface area contributed by atoms with Crippen LogP contribution in [0.5, 0.6) is 0 Å². The van der Waals surface area contributed by atoms with E-state index in [0.29, 0.717) is 0 Å². The SMILES string of the molecule is O=S(=O)(c1ccccc1)c1coc(-c2ccccc2C(F)(F)F)n1. The Balaban J connectivity index is 2.08. The number of nitrogens with zero attached hydrogens (tertiary/aromatic N) is 1. The summed E-state index contributed by atoms with van der Waals surface area (Å²) < 4.78 is 69.0. The van der Waals surface area contributed by atoms with Gasteiger partial charge in [-0.25, -0.2) is 8.42 Å². The molecule has 8 heteroatoms. The first kappa shape index (κ1) is 16.3. The maximum atomic E-state index is 13.1. The first-order chi connectivity index (χ1) is 11.3. The van der Waals surface area contributed by atoms with Gasteiger partial charge in [-0.2, -0.15) is 18.2 Å². The van der Waals surface area contributed by atoms with Crippen LogP contribution in [0.4, 0.5) is 13.2 Å². The lowest BCUT2D eigenvalue weighted by atomic mass is 10.1. The van der Waals surface area contributed by atoms with E-state index in [1.807, 2.05) is 0 Å². The third kappa shape index (κ3) is 2.92. The van der Waals surface area contributed by atoms with E-state index in [1.54, 1.807) is 6.07 Å². The Morgan fingerprint density at radius 1 is 0.917 bits per heavy atom. The van der Waals surface area contributed by atoms with Crippen molar-refractivity contribution in [2.45, 2.75) is 16.1 Å². The zero-order valence-corrected chi connectivity index (χ0v) is 12.8. The van der Waals surface area contributed by atoms with Gasteiger partial charge in [0.05, 0.1) is 10.5 Å². The van der Waals surface area contributed by atoms with Crippen LogP contribution < -0.4 is 0 Å². The van der Waals surface area contributed by atoms with Crippen molar-refractivity contribution in [1.29, 1.82) is 0 Å². The van der Waals surface area contributed by atoms with Crippen molar-refractivity contribution in [2.24, 2.45) is 0 Å². The van der Waals surface area contributed by atoms with Gasteiger partial charge in [-0.15, -0.1) is 0 Å². The third-order valence-corrected chi connectivity index (χ3v) is 4.91. The minimum Gasteiger partial charge on any atom is -0.443 e. The van der Waals surface area contributed by atoms with Crippen molar-refractivity contribution in [3.8, 4) is 11.5 Å². The number of alkyl halides is 3. The molecule has 0 aliphatic carbocycles. The van der Waals surface area contributed by atoms with Crippen molar-refractivity contribution < 1.29 is 26.0 Å². The van der Waals surface area contributed by atoms with Crippen molar-refractivity contribution in [3.63, 3.8) is 0 Å². The number of hydrogen-bond acceptors (Lipinski definition) is 4. The van der Waals surface area contributed by atoms with Crippen LogP contribution >= 0.6 is 0 Å². The number of benzene rings is 2. The topological polar surface area (TPSA) is 60.2 Å². The van der Waals surface area contributed by atoms with E-state index in [2.05, 4.69) is 4.98 Å². The summed E-state index contributed by atoms with van der Waals surface area (Å²) in [5, 5.41) is -0.444. The van der Waals surface area contributed by atoms with Gasteiger partial charge in [0.1, 0.15) is 6.26 Å². The Morgan fingerprint density at radius 2 is 1.54 bits per heavy atom. The second-order valence-corrected chi connectivity index (χ2v) is 6.75. The molecule has 3 rings (SSSR count). The zero-order chi connectivity index (χ0) is 17.4. The molecule has 0 radical (unpaired) electrons. The molecule has 3 aromatic rings. The molecule has 0 saturated carbocycles. The number of rotatable bonds is 3. The Bertz CT molecular complexity index is 963. The van der Waals surface area contributed by atoms with Gasteiger partial charge in [-0.3, -0.25) is 0 Å². The highest BCUT2D eigenvalue weighted by Crippen LogP contribution is 2.37. The van der Waals surface area contributed by atoms with Crippen LogP contribution in [0.15, 0.2) is 75.2 Å². The van der Waals surface area contributed by atoms with Gasteiger partial charge >= 0.3 is 6.18 Å². The molecule has 24 heavy (non-hydrogen) atoms. The van der Waals surface area contributed by atoms with Crippen LogP contribution in [0, 0.1) is 0 Å². The summed E-state index contributed by atoms with van der Waals surface area (Å²) in [5.74, 6) is -0.405. The first-order valence-corrected chi connectivity index (χ1v) is 8.21. The zero-order valence-electron chi connectivity index (χ0n) is 12.0. The summed E-state index contributed by atoms with van der Waals surface area (Å²) in [5.41, 5.74) is -1.27. The Labute approximate surface area is 135 Å². The number of oxazole rings is 1. The first-order valence-electron chi connectivity index (χ1n) is 6.72. The molecule has 0 amide bonds. The predicted octanol–water partition coefficient (Wildman–Crippen LogP) is 4.19. The molecule has 4 nitrogen and oxygen atoms in total. The summed E-state index contributed by atoms with van der Waals surface area (Å²) in [6.45, 7) is 0. The van der Waals surface area contributed by atoms with Crippen molar-refractivity contribution in [2.75, 3.05) is 0 Å². The van der Waals surface area contributed by atoms with E-state index >= 15 is 0 Å². The minimum atomic E-state index is -4.61. The Kier molecular flexibility index (Phi) is 3.92. The molecule has 2 aromatic carbocycles. The molecule has 0 bridgehead atoms. The van der Waals surface area contributed by atoms with Crippen molar-refractivity contribution in [3.05, 3.63) is 66.4 Å². The number of halogens is 3. The lowest BCUT2D eigenvalue weighted by molar-refractivity contribution is -0.137. The summed E-state index contributed by atoms with van der Waals surface area (Å²) in [7, 11) is -3.96. The molecule has 0 unspecified atom stereocenters. The standard InChI is InChI=1S/C16H10F3NO3S/c17-16(18,19)13-9-5-4-8-12(13)15-20-14(10-23-15)24(21,22)11-6-2-1-3-7-11/h1-10H. The van der Waals surface area contributed by atoms with Gasteiger partial charge in [0, 0.05) is 5.56 Å². The second kappa shape index (κ2) is 5.79. The average molecular weight is 353 g/mol. The molecular formula is C16H10F3NO3S. The maximum Gasteiger partial charge on any atom is 0.417 e. The normalized spacial score (nSPS) is 12.3. The van der Waals surface area contributed by atoms with Gasteiger partial charge in [-0.05, 0) is 24.3 Å². The number of aromatic nitrogens is 1. The fourth-order valence-corrected chi connectivity index (χ4v) is 3.28. The minimum absolute atomic E-state index is 0.0195. The van der Waals surface area contributed by atoms with Gasteiger partial charge in [0.25, 0.3) is 0 Å². The van der Waals surface area contributed by atoms with Gasteiger partial charge in [-0.1, -0.05) is 30.3 Å². The van der Waals surface area contributed by atoms with Gasteiger partial charge in [0.2, 0.25) is 15.7 Å². The Morgan fingerprint density at radius 3 is 2.21 bits per heavy atom. The van der Waals surface area contributed by atoms with E-state index < -0.39 is 32.5 Å². The molecule has 0 fully saturated rings. The summed E-state index contributed by atoms with van der Waals surface area (Å²) in [4.78, 5) is 3.73. The Hall–Kier alpha value is -2.61. The largest absolute Gasteiger partial charge is 0.443 e. The molecule has 1 aromatic heterocycles. The maximum absolute atomic E-state index is 13.1. The van der Waals surface area contributed by atoms with E-state index in [0.717, 1.165) is 12.3 Å². The molecular weight excluding hydrogens is 343 g/mol. The van der Waals surface area contributed by atoms with Crippen LogP contribution in [0.2, 0.25) is 0 Å². The quantitative estimate of drug-likeness (QED) is 0.708. The van der Waals surface area contributed by atoms with Crippen LogP contribution in [-0.4, -0.2) is 13.4 Å².